The number of hydrogen-bond donors (Lipinski definition) is 1. The van der Waals surface area contributed by atoms with Gasteiger partial charge in [-0.15, -0.1) is 0 Å². The van der Waals surface area contributed by atoms with Crippen molar-refractivity contribution in [1.29, 1.82) is 0 Å². The molecule has 202 valence electrons. The van der Waals surface area contributed by atoms with Crippen LogP contribution in [0.3, 0.4) is 0 Å². The number of rotatable bonds is 13. The molecule has 0 radical (unpaired) electrons. The van der Waals surface area contributed by atoms with E-state index in [1.165, 1.54) is 0 Å². The summed E-state index contributed by atoms with van der Waals surface area (Å²) in [7, 11) is 3.97. The lowest BCUT2D eigenvalue weighted by Crippen LogP contribution is -2.51. The van der Waals surface area contributed by atoms with Gasteiger partial charge in [0.25, 0.3) is 0 Å². The molecule has 3 rings (SSSR count). The molecule has 0 unspecified atom stereocenters. The first kappa shape index (κ1) is 28.9. The van der Waals surface area contributed by atoms with E-state index in [1.807, 2.05) is 86.9 Å². The fourth-order valence-corrected chi connectivity index (χ4v) is 4.01. The maximum absolute atomic E-state index is 13.4. The van der Waals surface area contributed by atoms with Crippen LogP contribution >= 0.6 is 0 Å². The van der Waals surface area contributed by atoms with Crippen LogP contribution in [0, 0.1) is 5.92 Å². The van der Waals surface area contributed by atoms with E-state index in [4.69, 9.17) is 4.74 Å². The lowest BCUT2D eigenvalue weighted by molar-refractivity contribution is -0.147. The molecule has 0 saturated carbocycles. The molecule has 6 heteroatoms. The van der Waals surface area contributed by atoms with Crippen molar-refractivity contribution < 1.29 is 14.3 Å². The van der Waals surface area contributed by atoms with Crippen molar-refractivity contribution in [3.05, 3.63) is 96.1 Å². The number of nitrogens with zero attached hydrogens (tertiary/aromatic N) is 2. The Labute approximate surface area is 227 Å². The van der Waals surface area contributed by atoms with Crippen LogP contribution in [0.15, 0.2) is 84.9 Å². The maximum atomic E-state index is 13.4. The number of urea groups is 1. The van der Waals surface area contributed by atoms with Gasteiger partial charge in [-0.25, -0.2) is 9.59 Å². The molecule has 3 aromatic rings. The highest BCUT2D eigenvalue weighted by Crippen LogP contribution is 2.20. The van der Waals surface area contributed by atoms with Crippen LogP contribution in [0.25, 0.3) is 11.1 Å². The monoisotopic (exact) mass is 515 g/mol. The van der Waals surface area contributed by atoms with Gasteiger partial charge < -0.3 is 19.9 Å². The summed E-state index contributed by atoms with van der Waals surface area (Å²) in [6.07, 6.45) is 1.24. The van der Waals surface area contributed by atoms with E-state index < -0.39 is 12.0 Å². The quantitative estimate of drug-likeness (QED) is 0.300. The minimum atomic E-state index is -0.797. The molecule has 0 spiro atoms. The molecule has 3 aromatic carbocycles. The molecule has 0 aliphatic carbocycles. The van der Waals surface area contributed by atoms with E-state index >= 15 is 0 Å². The average molecular weight is 516 g/mol. The number of carbonyl (C=O) groups is 2. The van der Waals surface area contributed by atoms with Crippen LogP contribution < -0.4 is 5.32 Å². The van der Waals surface area contributed by atoms with Crippen LogP contribution in [-0.2, 0) is 22.6 Å². The predicted molar refractivity (Wildman–Crippen MR) is 154 cm³/mol. The summed E-state index contributed by atoms with van der Waals surface area (Å²) in [5, 5.41) is 2.99. The average Bonchev–Trinajstić information content (AvgIpc) is 2.92. The fraction of sp³-hybridized carbons (Fsp3) is 0.375. The zero-order valence-corrected chi connectivity index (χ0v) is 23.1. The van der Waals surface area contributed by atoms with Crippen LogP contribution in [-0.4, -0.2) is 61.6 Å². The molecule has 1 atom stereocenters. The molecule has 2 amide bonds. The Morgan fingerprint density at radius 2 is 1.37 bits per heavy atom. The van der Waals surface area contributed by atoms with Gasteiger partial charge in [0, 0.05) is 26.1 Å². The second-order valence-corrected chi connectivity index (χ2v) is 10.3. The number of carbonyl (C=O) groups excluding carboxylic acids is 2. The number of esters is 1. The molecular formula is C32H41N3O3. The van der Waals surface area contributed by atoms with Crippen molar-refractivity contribution in [2.75, 3.05) is 33.7 Å². The van der Waals surface area contributed by atoms with Gasteiger partial charge in [-0.1, -0.05) is 98.8 Å². The van der Waals surface area contributed by atoms with Crippen molar-refractivity contribution in [1.82, 2.24) is 15.1 Å². The minimum absolute atomic E-state index is 0.163. The van der Waals surface area contributed by atoms with Crippen molar-refractivity contribution >= 4 is 12.0 Å². The van der Waals surface area contributed by atoms with Crippen molar-refractivity contribution in [2.45, 2.75) is 39.3 Å². The van der Waals surface area contributed by atoms with E-state index in [9.17, 15) is 9.59 Å². The van der Waals surface area contributed by atoms with Gasteiger partial charge >= 0.3 is 12.0 Å². The molecule has 0 bridgehead atoms. The van der Waals surface area contributed by atoms with Crippen LogP contribution in [0.5, 0.6) is 0 Å². The number of benzene rings is 3. The minimum Gasteiger partial charge on any atom is -0.459 e. The summed E-state index contributed by atoms with van der Waals surface area (Å²) in [6.45, 7) is 6.42. The highest BCUT2D eigenvalue weighted by molar-refractivity contribution is 5.84. The van der Waals surface area contributed by atoms with E-state index in [-0.39, 0.29) is 12.6 Å². The first-order valence-electron chi connectivity index (χ1n) is 13.4. The summed E-state index contributed by atoms with van der Waals surface area (Å²) in [6, 6.07) is 26.8. The first-order chi connectivity index (χ1) is 18.3. The number of ether oxygens (including phenoxy) is 1. The highest BCUT2D eigenvalue weighted by atomic mass is 16.5. The first-order valence-corrected chi connectivity index (χ1v) is 13.4. The van der Waals surface area contributed by atoms with Crippen LogP contribution in [0.2, 0.25) is 0 Å². The Morgan fingerprint density at radius 3 is 1.97 bits per heavy atom. The molecule has 6 nitrogen and oxygen atoms in total. The Hall–Kier alpha value is -3.64. The van der Waals surface area contributed by atoms with Gasteiger partial charge in [-0.2, -0.15) is 0 Å². The number of amides is 2. The third-order valence-electron chi connectivity index (χ3n) is 6.39. The van der Waals surface area contributed by atoms with Crippen molar-refractivity contribution in [3.63, 3.8) is 0 Å². The molecule has 0 heterocycles. The van der Waals surface area contributed by atoms with Gasteiger partial charge in [0.1, 0.15) is 12.6 Å². The van der Waals surface area contributed by atoms with E-state index in [0.29, 0.717) is 25.4 Å². The molecule has 0 saturated heterocycles. The van der Waals surface area contributed by atoms with Gasteiger partial charge in [0.05, 0.1) is 0 Å². The third kappa shape index (κ3) is 9.67. The second-order valence-electron chi connectivity index (χ2n) is 10.3. The van der Waals surface area contributed by atoms with Crippen LogP contribution in [0.4, 0.5) is 4.79 Å². The summed E-state index contributed by atoms with van der Waals surface area (Å²) in [4.78, 5) is 30.5. The van der Waals surface area contributed by atoms with Crippen LogP contribution in [0.1, 0.15) is 31.4 Å². The molecule has 0 aromatic heterocycles. The number of nitrogens with one attached hydrogen (secondary N) is 1. The molecular weight excluding hydrogens is 474 g/mol. The second kappa shape index (κ2) is 14.9. The van der Waals surface area contributed by atoms with E-state index in [1.54, 1.807) is 4.90 Å². The van der Waals surface area contributed by atoms with E-state index in [2.05, 4.69) is 36.2 Å². The summed E-state index contributed by atoms with van der Waals surface area (Å²) < 4.78 is 5.65. The third-order valence-corrected chi connectivity index (χ3v) is 6.39. The fourth-order valence-electron chi connectivity index (χ4n) is 4.01. The zero-order valence-electron chi connectivity index (χ0n) is 23.1. The largest absolute Gasteiger partial charge is 0.459 e. The Balaban J connectivity index is 1.74. The van der Waals surface area contributed by atoms with Gasteiger partial charge in [0.2, 0.25) is 0 Å². The molecule has 0 aliphatic heterocycles. The molecule has 0 fully saturated rings. The van der Waals surface area contributed by atoms with E-state index in [0.717, 1.165) is 35.2 Å². The molecule has 38 heavy (non-hydrogen) atoms. The lowest BCUT2D eigenvalue weighted by Gasteiger charge is -2.28. The summed E-state index contributed by atoms with van der Waals surface area (Å²) >= 11 is 0. The van der Waals surface area contributed by atoms with Crippen molar-refractivity contribution in [3.8, 4) is 11.1 Å². The normalized spacial score (nSPS) is 11.8. The topological polar surface area (TPSA) is 61.9 Å². The zero-order chi connectivity index (χ0) is 27.3. The smallest absolute Gasteiger partial charge is 0.329 e. The number of hydrogen-bond acceptors (Lipinski definition) is 4. The van der Waals surface area contributed by atoms with Gasteiger partial charge in [-0.05, 0) is 48.7 Å². The number of likely N-dealkylation sites (N-methyl/N-ethyl adjacent to an activating group) is 1. The van der Waals surface area contributed by atoms with Gasteiger partial charge in [-0.3, -0.25) is 0 Å². The molecule has 1 N–H and O–H groups in total. The Kier molecular flexibility index (Phi) is 11.4. The van der Waals surface area contributed by atoms with Crippen molar-refractivity contribution in [2.24, 2.45) is 5.92 Å². The predicted octanol–water partition coefficient (Wildman–Crippen LogP) is 5.63. The maximum Gasteiger partial charge on any atom is 0.329 e. The Bertz CT molecular complexity index is 1100. The Morgan fingerprint density at radius 1 is 0.763 bits per heavy atom. The highest BCUT2D eigenvalue weighted by Gasteiger charge is 2.26. The summed E-state index contributed by atoms with van der Waals surface area (Å²) in [5.41, 5.74) is 4.09. The lowest BCUT2D eigenvalue weighted by atomic mass is 10.0. The van der Waals surface area contributed by atoms with Gasteiger partial charge in [0.15, 0.2) is 0 Å². The SMILES string of the molecule is CC(C)CCN(CCN(C)C)C(=O)N[C@@H](Cc1ccc(-c2ccccc2)cc1)C(=O)OCc1ccccc1. The molecule has 0 aliphatic rings. The summed E-state index contributed by atoms with van der Waals surface area (Å²) in [5.74, 6) is 0.0326. The standard InChI is InChI=1S/C32H41N3O3/c1-25(2)19-20-35(22-21-34(3)4)32(37)33-30(31(36)38-24-27-11-7-5-8-12-27)23-26-15-17-29(18-16-26)28-13-9-6-10-14-28/h5-18,25,30H,19-24H2,1-4H3,(H,33,37)/t30-/m0/s1.